The molecule has 21 heavy (non-hydrogen) atoms. The molecule has 0 fully saturated rings. The number of ether oxygens (including phenoxy) is 1. The molecule has 0 saturated carbocycles. The molecule has 2 aromatic rings. The molecule has 0 heterocycles. The van der Waals surface area contributed by atoms with Gasteiger partial charge in [-0.15, -0.1) is 0 Å². The predicted octanol–water partition coefficient (Wildman–Crippen LogP) is 2.69. The van der Waals surface area contributed by atoms with Crippen LogP contribution in [-0.4, -0.2) is 23.1 Å². The lowest BCUT2D eigenvalue weighted by Gasteiger charge is -2.02. The second-order valence-electron chi connectivity index (χ2n) is 4.58. The van der Waals surface area contributed by atoms with Crippen molar-refractivity contribution >= 4 is 11.7 Å². The minimum absolute atomic E-state index is 0.00858. The zero-order valence-corrected chi connectivity index (χ0v) is 11.6. The molecule has 0 bridgehead atoms. The average Bonchev–Trinajstić information content (AvgIpc) is 2.54. The number of benzene rings is 2. The van der Waals surface area contributed by atoms with E-state index in [1.807, 2.05) is 60.7 Å². The summed E-state index contributed by atoms with van der Waals surface area (Å²) in [6.07, 6.45) is 0.887. The van der Waals surface area contributed by atoms with Crippen molar-refractivity contribution in [2.45, 2.75) is 12.8 Å². The molecule has 0 spiro atoms. The van der Waals surface area contributed by atoms with Crippen LogP contribution in [0.5, 0.6) is 0 Å². The SMILES string of the molecule is [N-]=[N+]=C(Cc1ccccc1)C(=O)OCCc1ccccc1. The van der Waals surface area contributed by atoms with Crippen molar-refractivity contribution in [3.05, 3.63) is 77.3 Å². The molecular formula is C17H16N2O2. The molecule has 0 aliphatic rings. The molecule has 0 aromatic heterocycles. The van der Waals surface area contributed by atoms with E-state index in [4.69, 9.17) is 10.3 Å². The number of nitrogens with zero attached hydrogens (tertiary/aromatic N) is 2. The number of hydrogen-bond acceptors (Lipinski definition) is 2. The summed E-state index contributed by atoms with van der Waals surface area (Å²) in [6.45, 7) is 0.261. The topological polar surface area (TPSA) is 62.7 Å². The van der Waals surface area contributed by atoms with Crippen LogP contribution in [0.3, 0.4) is 0 Å². The van der Waals surface area contributed by atoms with Crippen LogP contribution in [0.25, 0.3) is 5.53 Å². The first-order valence-electron chi connectivity index (χ1n) is 6.75. The Balaban J connectivity index is 1.85. The van der Waals surface area contributed by atoms with Crippen molar-refractivity contribution in [1.82, 2.24) is 0 Å². The monoisotopic (exact) mass is 280 g/mol. The highest BCUT2D eigenvalue weighted by atomic mass is 16.5. The van der Waals surface area contributed by atoms with Crippen LogP contribution in [0.4, 0.5) is 0 Å². The van der Waals surface area contributed by atoms with E-state index in [0.29, 0.717) is 6.42 Å². The first-order chi connectivity index (χ1) is 10.3. The lowest BCUT2D eigenvalue weighted by molar-refractivity contribution is -0.140. The summed E-state index contributed by atoms with van der Waals surface area (Å²) in [7, 11) is 0. The van der Waals surface area contributed by atoms with Gasteiger partial charge in [0, 0.05) is 6.42 Å². The quantitative estimate of drug-likeness (QED) is 0.353. The van der Waals surface area contributed by atoms with Gasteiger partial charge in [0.15, 0.2) is 0 Å². The Morgan fingerprint density at radius 2 is 1.52 bits per heavy atom. The van der Waals surface area contributed by atoms with Crippen molar-refractivity contribution in [2.24, 2.45) is 0 Å². The fraction of sp³-hybridized carbons (Fsp3) is 0.176. The normalized spacial score (nSPS) is 9.71. The molecule has 4 nitrogen and oxygen atoms in total. The van der Waals surface area contributed by atoms with Gasteiger partial charge < -0.3 is 10.3 Å². The Morgan fingerprint density at radius 1 is 0.952 bits per heavy atom. The largest absolute Gasteiger partial charge is 0.457 e. The van der Waals surface area contributed by atoms with Crippen molar-refractivity contribution in [1.29, 1.82) is 0 Å². The molecule has 0 unspecified atom stereocenters. The van der Waals surface area contributed by atoms with E-state index in [1.54, 1.807) is 0 Å². The summed E-state index contributed by atoms with van der Waals surface area (Å²) < 4.78 is 5.14. The van der Waals surface area contributed by atoms with Gasteiger partial charge in [0.25, 0.3) is 0 Å². The average molecular weight is 280 g/mol. The Hall–Kier alpha value is -2.71. The van der Waals surface area contributed by atoms with Gasteiger partial charge >= 0.3 is 11.7 Å². The summed E-state index contributed by atoms with van der Waals surface area (Å²) in [6, 6.07) is 19.1. The summed E-state index contributed by atoms with van der Waals surface area (Å²) in [5, 5.41) is 0. The summed E-state index contributed by atoms with van der Waals surface area (Å²) in [4.78, 5) is 14.9. The first-order valence-corrected chi connectivity index (χ1v) is 6.75. The van der Waals surface area contributed by atoms with Crippen LogP contribution < -0.4 is 0 Å². The fourth-order valence-corrected chi connectivity index (χ4v) is 1.93. The molecule has 106 valence electrons. The minimum atomic E-state index is -0.586. The van der Waals surface area contributed by atoms with E-state index in [0.717, 1.165) is 11.1 Å². The summed E-state index contributed by atoms with van der Waals surface area (Å²) in [5.41, 5.74) is 11.0. The summed E-state index contributed by atoms with van der Waals surface area (Å²) in [5.74, 6) is -0.586. The third-order valence-corrected chi connectivity index (χ3v) is 3.04. The zero-order valence-electron chi connectivity index (χ0n) is 11.6. The molecule has 0 amide bonds. The van der Waals surface area contributed by atoms with Crippen molar-refractivity contribution in [3.63, 3.8) is 0 Å². The van der Waals surface area contributed by atoms with Gasteiger partial charge in [0.2, 0.25) is 0 Å². The number of esters is 1. The van der Waals surface area contributed by atoms with Gasteiger partial charge in [0.1, 0.15) is 0 Å². The standard InChI is InChI=1S/C17H16N2O2/c18-19-16(13-15-9-5-2-6-10-15)17(20)21-12-11-14-7-3-1-4-8-14/h1-10H,11-13H2. The Labute approximate surface area is 123 Å². The van der Waals surface area contributed by atoms with E-state index in [-0.39, 0.29) is 18.7 Å². The summed E-state index contributed by atoms with van der Waals surface area (Å²) >= 11 is 0. The van der Waals surface area contributed by atoms with Crippen LogP contribution in [0.15, 0.2) is 60.7 Å². The number of carbonyl (C=O) groups is 1. The molecule has 0 radical (unpaired) electrons. The van der Waals surface area contributed by atoms with E-state index in [1.165, 1.54) is 0 Å². The van der Waals surface area contributed by atoms with Crippen LogP contribution >= 0.6 is 0 Å². The van der Waals surface area contributed by atoms with Gasteiger partial charge in [-0.25, -0.2) is 4.79 Å². The smallest absolute Gasteiger partial charge is 0.417 e. The number of rotatable bonds is 6. The second kappa shape index (κ2) is 7.78. The lowest BCUT2D eigenvalue weighted by atomic mass is 10.1. The predicted molar refractivity (Wildman–Crippen MR) is 79.9 cm³/mol. The van der Waals surface area contributed by atoms with E-state index in [2.05, 4.69) is 4.79 Å². The lowest BCUT2D eigenvalue weighted by Crippen LogP contribution is -2.22. The molecule has 0 saturated heterocycles. The van der Waals surface area contributed by atoms with Gasteiger partial charge in [-0.3, -0.25) is 0 Å². The second-order valence-corrected chi connectivity index (χ2v) is 4.58. The van der Waals surface area contributed by atoms with Crippen LogP contribution in [0, 0.1) is 0 Å². The highest BCUT2D eigenvalue weighted by Gasteiger charge is 2.22. The zero-order chi connectivity index (χ0) is 14.9. The van der Waals surface area contributed by atoms with E-state index >= 15 is 0 Å². The maximum Gasteiger partial charge on any atom is 0.417 e. The van der Waals surface area contributed by atoms with Crippen molar-refractivity contribution in [2.75, 3.05) is 6.61 Å². The fourth-order valence-electron chi connectivity index (χ4n) is 1.93. The number of hydrogen-bond donors (Lipinski definition) is 0. The Kier molecular flexibility index (Phi) is 5.44. The maximum absolute atomic E-state index is 11.9. The van der Waals surface area contributed by atoms with Crippen LogP contribution in [0.2, 0.25) is 0 Å². The highest BCUT2D eigenvalue weighted by Crippen LogP contribution is 2.03. The Bertz CT molecular complexity index is 632. The molecule has 2 aromatic carbocycles. The maximum atomic E-state index is 11.9. The van der Waals surface area contributed by atoms with Gasteiger partial charge in [-0.05, 0) is 11.1 Å². The number of carbonyl (C=O) groups excluding carboxylic acids is 1. The van der Waals surface area contributed by atoms with Gasteiger partial charge in [-0.1, -0.05) is 60.7 Å². The van der Waals surface area contributed by atoms with Crippen molar-refractivity contribution in [3.8, 4) is 0 Å². The van der Waals surface area contributed by atoms with E-state index in [9.17, 15) is 4.79 Å². The van der Waals surface area contributed by atoms with Gasteiger partial charge in [0.05, 0.1) is 13.0 Å². The molecule has 0 N–H and O–H groups in total. The molecule has 4 heteroatoms. The Morgan fingerprint density at radius 3 is 2.10 bits per heavy atom. The third kappa shape index (κ3) is 4.71. The first kappa shape index (κ1) is 14.7. The van der Waals surface area contributed by atoms with E-state index < -0.39 is 5.97 Å². The minimum Gasteiger partial charge on any atom is -0.457 e. The highest BCUT2D eigenvalue weighted by molar-refractivity contribution is 6.34. The van der Waals surface area contributed by atoms with Gasteiger partial charge in [-0.2, -0.15) is 4.79 Å². The molecular weight excluding hydrogens is 264 g/mol. The molecule has 0 atom stereocenters. The molecule has 0 aliphatic heterocycles. The molecule has 0 aliphatic carbocycles. The van der Waals surface area contributed by atoms with Crippen molar-refractivity contribution < 1.29 is 14.3 Å². The van der Waals surface area contributed by atoms with Crippen LogP contribution in [-0.2, 0) is 22.4 Å². The molecule has 2 rings (SSSR count). The third-order valence-electron chi connectivity index (χ3n) is 3.04. The van der Waals surface area contributed by atoms with Crippen LogP contribution in [0.1, 0.15) is 11.1 Å².